The van der Waals surface area contributed by atoms with Gasteiger partial charge in [0.1, 0.15) is 0 Å². The Morgan fingerprint density at radius 2 is 1.33 bits per heavy atom. The van der Waals surface area contributed by atoms with Crippen molar-refractivity contribution in [2.75, 3.05) is 0 Å². The van der Waals surface area contributed by atoms with Crippen LogP contribution in [-0.2, 0) is 0 Å². The number of hydrogen-bond donors (Lipinski definition) is 0. The molecule has 0 aliphatic carbocycles. The predicted octanol–water partition coefficient (Wildman–Crippen LogP) is 3.71. The summed E-state index contributed by atoms with van der Waals surface area (Å²) in [4.78, 5) is 0. The molecular weight excluding hydrogens is 257 g/mol. The minimum absolute atomic E-state index is 0.0668. The predicted molar refractivity (Wildman–Crippen MR) is 58.0 cm³/mol. The first-order chi connectivity index (χ1) is 8.05. The molecule has 0 saturated carbocycles. The molecule has 0 atom stereocenters. The van der Waals surface area contributed by atoms with Crippen LogP contribution in [0.25, 0.3) is 0 Å². The van der Waals surface area contributed by atoms with Crippen LogP contribution in [-0.4, -0.2) is 18.9 Å². The lowest BCUT2D eigenvalue weighted by Gasteiger charge is -2.23. The Morgan fingerprint density at radius 1 is 0.889 bits per heavy atom. The molecule has 0 spiro atoms. The fraction of sp³-hybridized carbons (Fsp3) is 0.455. The average Bonchev–Trinajstić information content (AvgIpc) is 2.13. The monoisotopic (exact) mass is 268 g/mol. The molecule has 100 valence electrons. The molecule has 0 aliphatic rings. The van der Waals surface area contributed by atoms with Crippen LogP contribution in [0.3, 0.4) is 0 Å². The maximum absolute atomic E-state index is 12.6. The maximum atomic E-state index is 12.6. The Hall–Kier alpha value is -1.14. The van der Waals surface area contributed by atoms with Gasteiger partial charge in [-0.3, -0.25) is 0 Å². The molecule has 0 aliphatic heterocycles. The fourth-order valence-corrected chi connectivity index (χ4v) is 1.84. The molecule has 0 N–H and O–H groups in total. The fourth-order valence-electron chi connectivity index (χ4n) is 1.84. The van der Waals surface area contributed by atoms with Crippen molar-refractivity contribution in [1.29, 1.82) is 0 Å². The summed E-state index contributed by atoms with van der Waals surface area (Å²) in [5, 5.41) is 0. The second-order valence-electron chi connectivity index (χ2n) is 4.30. The van der Waals surface area contributed by atoms with Gasteiger partial charge in [0.25, 0.3) is 0 Å². The second-order valence-corrected chi connectivity index (χ2v) is 4.30. The number of alkyl halides is 6. The van der Waals surface area contributed by atoms with Crippen LogP contribution in [0.2, 0.25) is 0 Å². The third kappa shape index (κ3) is 3.20. The van der Waals surface area contributed by atoms with Gasteiger partial charge in [-0.15, -0.1) is 0 Å². The van der Waals surface area contributed by atoms with Gasteiger partial charge < -0.3 is 0 Å². The third-order valence-electron chi connectivity index (χ3n) is 2.58. The smallest absolute Gasteiger partial charge is 0.181 e. The zero-order valence-corrected chi connectivity index (χ0v) is 9.73. The lowest BCUT2D eigenvalue weighted by Crippen LogP contribution is -2.57. The molecule has 1 aromatic rings. The van der Waals surface area contributed by atoms with Crippen LogP contribution >= 0.6 is 0 Å². The van der Waals surface area contributed by atoms with E-state index in [0.717, 1.165) is 6.07 Å². The standard InChI is InChI=1S/C11H11BF6/c1-7(2)8-5-3-4-6-9(8)12(10(13,14)15)11(16,17)18/h3-7H,1-2H3. The summed E-state index contributed by atoms with van der Waals surface area (Å²) in [6.45, 7) is -0.311. The summed E-state index contributed by atoms with van der Waals surface area (Å²) in [7, 11) is 0. The highest BCUT2D eigenvalue weighted by Crippen LogP contribution is 2.33. The minimum Gasteiger partial charge on any atom is -0.181 e. The van der Waals surface area contributed by atoms with Crippen molar-refractivity contribution in [1.82, 2.24) is 0 Å². The molecule has 1 aromatic carbocycles. The Bertz CT molecular complexity index is 393. The summed E-state index contributed by atoms with van der Waals surface area (Å²) in [5.74, 6) is -0.409. The van der Waals surface area contributed by atoms with Gasteiger partial charge in [0, 0.05) is 0 Å². The Kier molecular flexibility index (Phi) is 4.03. The van der Waals surface area contributed by atoms with E-state index in [1.54, 1.807) is 13.8 Å². The molecule has 0 amide bonds. The molecule has 0 saturated heterocycles. The van der Waals surface area contributed by atoms with Crippen molar-refractivity contribution in [3.8, 4) is 0 Å². The van der Waals surface area contributed by atoms with Gasteiger partial charge in [0.15, 0.2) is 0 Å². The molecule has 0 radical (unpaired) electrons. The van der Waals surface area contributed by atoms with Crippen molar-refractivity contribution in [3.05, 3.63) is 29.8 Å². The summed E-state index contributed by atoms with van der Waals surface area (Å²) < 4.78 is 75.8. The van der Waals surface area contributed by atoms with E-state index in [-0.39, 0.29) is 5.56 Å². The van der Waals surface area contributed by atoms with E-state index < -0.39 is 30.2 Å². The number of halogens is 6. The van der Waals surface area contributed by atoms with Gasteiger partial charge in [0.05, 0.1) is 0 Å². The van der Waals surface area contributed by atoms with Crippen LogP contribution in [0, 0.1) is 0 Å². The molecule has 0 bridgehead atoms. The molecule has 0 heterocycles. The highest BCUT2D eigenvalue weighted by Gasteiger charge is 2.62. The SMILES string of the molecule is CC(C)c1ccccc1B(C(F)(F)F)C(F)(F)F. The molecule has 18 heavy (non-hydrogen) atoms. The summed E-state index contributed by atoms with van der Waals surface area (Å²) in [6, 6.07) is 4.81. The molecule has 0 fully saturated rings. The highest BCUT2D eigenvalue weighted by molar-refractivity contribution is 6.77. The van der Waals surface area contributed by atoms with Gasteiger partial charge >= 0.3 is 18.9 Å². The Morgan fingerprint density at radius 3 is 1.72 bits per heavy atom. The van der Waals surface area contributed by atoms with Crippen LogP contribution in [0.1, 0.15) is 25.3 Å². The van der Waals surface area contributed by atoms with Gasteiger partial charge in [-0.1, -0.05) is 49.1 Å². The topological polar surface area (TPSA) is 0 Å². The van der Waals surface area contributed by atoms with Crippen molar-refractivity contribution in [2.45, 2.75) is 31.9 Å². The van der Waals surface area contributed by atoms with Gasteiger partial charge in [-0.25, -0.2) is 0 Å². The largest absolute Gasteiger partial charge is 0.432 e. The first kappa shape index (κ1) is 14.9. The minimum atomic E-state index is -5.34. The van der Waals surface area contributed by atoms with E-state index in [1.807, 2.05) is 0 Å². The quantitative estimate of drug-likeness (QED) is 0.566. The van der Waals surface area contributed by atoms with E-state index in [9.17, 15) is 26.3 Å². The summed E-state index contributed by atoms with van der Waals surface area (Å²) in [5.41, 5.74) is -0.648. The lowest BCUT2D eigenvalue weighted by molar-refractivity contribution is -0.101. The molecule has 0 aromatic heterocycles. The Labute approximate surface area is 101 Å². The maximum Gasteiger partial charge on any atom is 0.432 e. The molecule has 0 unspecified atom stereocenters. The molecule has 0 nitrogen and oxygen atoms in total. The van der Waals surface area contributed by atoms with Crippen LogP contribution < -0.4 is 5.46 Å². The van der Waals surface area contributed by atoms with E-state index in [4.69, 9.17) is 0 Å². The molecule has 1 rings (SSSR count). The summed E-state index contributed by atoms with van der Waals surface area (Å²) in [6.07, 6.45) is -10.7. The van der Waals surface area contributed by atoms with Crippen LogP contribution in [0.4, 0.5) is 26.3 Å². The highest BCUT2D eigenvalue weighted by atomic mass is 19.4. The zero-order valence-electron chi connectivity index (χ0n) is 9.73. The van der Waals surface area contributed by atoms with Gasteiger partial charge in [0.2, 0.25) is 0 Å². The lowest BCUT2D eigenvalue weighted by atomic mass is 9.42. The van der Waals surface area contributed by atoms with E-state index in [0.29, 0.717) is 0 Å². The van der Waals surface area contributed by atoms with Crippen LogP contribution in [0.15, 0.2) is 24.3 Å². The van der Waals surface area contributed by atoms with E-state index in [2.05, 4.69) is 0 Å². The number of rotatable bonds is 2. The Balaban J connectivity index is 3.40. The van der Waals surface area contributed by atoms with Crippen molar-refractivity contribution in [2.24, 2.45) is 0 Å². The first-order valence-corrected chi connectivity index (χ1v) is 5.27. The van der Waals surface area contributed by atoms with Crippen molar-refractivity contribution in [3.63, 3.8) is 0 Å². The third-order valence-corrected chi connectivity index (χ3v) is 2.58. The number of hydrogen-bond acceptors (Lipinski definition) is 0. The normalized spacial score (nSPS) is 12.9. The average molecular weight is 268 g/mol. The van der Waals surface area contributed by atoms with Gasteiger partial charge in [-0.05, 0) is 5.92 Å². The summed E-state index contributed by atoms with van der Waals surface area (Å²) >= 11 is 0. The van der Waals surface area contributed by atoms with Crippen molar-refractivity contribution < 1.29 is 26.3 Å². The zero-order chi connectivity index (χ0) is 14.1. The first-order valence-electron chi connectivity index (χ1n) is 5.27. The van der Waals surface area contributed by atoms with E-state index >= 15 is 0 Å². The number of benzene rings is 1. The molecular formula is C11H11BF6. The van der Waals surface area contributed by atoms with E-state index in [1.165, 1.54) is 18.2 Å². The molecule has 7 heteroatoms. The van der Waals surface area contributed by atoms with Gasteiger partial charge in [-0.2, -0.15) is 26.3 Å². The van der Waals surface area contributed by atoms with Crippen molar-refractivity contribution >= 4 is 12.2 Å². The second kappa shape index (κ2) is 4.86. The van der Waals surface area contributed by atoms with Crippen LogP contribution in [0.5, 0.6) is 0 Å².